The fourth-order valence-corrected chi connectivity index (χ4v) is 3.69. The minimum absolute atomic E-state index is 0.000402. The molecule has 1 aromatic rings. The topological polar surface area (TPSA) is 44.8 Å². The second kappa shape index (κ2) is 5.58. The van der Waals surface area contributed by atoms with Crippen LogP contribution in [0.5, 0.6) is 11.5 Å². The maximum Gasteiger partial charge on any atom is 0.165 e. The van der Waals surface area contributed by atoms with Crippen LogP contribution in [0.4, 0.5) is 0 Å². The van der Waals surface area contributed by atoms with Crippen molar-refractivity contribution in [2.75, 3.05) is 20.8 Å². The lowest BCUT2D eigenvalue weighted by Gasteiger charge is -2.18. The Hall–Kier alpha value is -1.55. The van der Waals surface area contributed by atoms with E-state index in [9.17, 15) is 4.79 Å². The second-order valence-electron chi connectivity index (χ2n) is 6.90. The summed E-state index contributed by atoms with van der Waals surface area (Å²) in [7, 11) is 3.32. The van der Waals surface area contributed by atoms with Crippen LogP contribution < -0.4 is 9.47 Å². The molecule has 2 atom stereocenters. The Labute approximate surface area is 131 Å². The summed E-state index contributed by atoms with van der Waals surface area (Å²) in [6, 6.07) is 3.96. The molecule has 4 nitrogen and oxygen atoms in total. The van der Waals surface area contributed by atoms with Gasteiger partial charge in [-0.2, -0.15) is 0 Å². The molecule has 0 radical (unpaired) electrons. The number of methoxy groups -OCH3 is 2. The lowest BCUT2D eigenvalue weighted by atomic mass is 9.85. The predicted octanol–water partition coefficient (Wildman–Crippen LogP) is 3.12. The van der Waals surface area contributed by atoms with Gasteiger partial charge in [0.15, 0.2) is 11.5 Å². The van der Waals surface area contributed by atoms with Gasteiger partial charge in [-0.3, -0.25) is 4.79 Å². The molecule has 0 saturated heterocycles. The molecule has 2 unspecified atom stereocenters. The molecule has 120 valence electrons. The molecule has 4 heteroatoms. The highest BCUT2D eigenvalue weighted by Crippen LogP contribution is 2.48. The van der Waals surface area contributed by atoms with Crippen LogP contribution >= 0.6 is 0 Å². The number of fused-ring (bicyclic) bond motifs is 1. The van der Waals surface area contributed by atoms with E-state index in [1.807, 2.05) is 26.0 Å². The van der Waals surface area contributed by atoms with Crippen molar-refractivity contribution in [2.45, 2.75) is 45.1 Å². The largest absolute Gasteiger partial charge is 0.493 e. The number of hydrogen-bond donors (Lipinski definition) is 0. The van der Waals surface area contributed by atoms with Crippen LogP contribution in [0, 0.1) is 5.41 Å². The number of benzene rings is 1. The summed E-state index contributed by atoms with van der Waals surface area (Å²) in [5.41, 5.74) is 2.02. The maximum absolute atomic E-state index is 12.7. The summed E-state index contributed by atoms with van der Waals surface area (Å²) < 4.78 is 16.6. The number of rotatable bonds is 4. The number of carbonyl (C=O) groups excluding carboxylic acids is 1. The summed E-state index contributed by atoms with van der Waals surface area (Å²) in [6.45, 7) is 4.63. The van der Waals surface area contributed by atoms with Crippen molar-refractivity contribution in [3.8, 4) is 11.5 Å². The molecule has 22 heavy (non-hydrogen) atoms. The van der Waals surface area contributed by atoms with E-state index in [1.165, 1.54) is 0 Å². The highest BCUT2D eigenvalue weighted by Gasteiger charge is 2.43. The quantitative estimate of drug-likeness (QED) is 0.857. The number of hydrogen-bond acceptors (Lipinski definition) is 4. The van der Waals surface area contributed by atoms with Gasteiger partial charge in [-0.05, 0) is 24.5 Å². The van der Waals surface area contributed by atoms with Crippen LogP contribution in [0.3, 0.4) is 0 Å². The SMILES string of the molecule is COCC1Cc2c(C3CCC(C)(C)C3=O)ccc(OC)c2O1. The van der Waals surface area contributed by atoms with Crippen LogP contribution in [0.15, 0.2) is 12.1 Å². The van der Waals surface area contributed by atoms with Crippen molar-refractivity contribution in [3.63, 3.8) is 0 Å². The summed E-state index contributed by atoms with van der Waals surface area (Å²) in [5, 5.41) is 0. The van der Waals surface area contributed by atoms with E-state index >= 15 is 0 Å². The van der Waals surface area contributed by atoms with Crippen molar-refractivity contribution in [1.29, 1.82) is 0 Å². The van der Waals surface area contributed by atoms with Crippen LogP contribution in [-0.4, -0.2) is 32.7 Å². The van der Waals surface area contributed by atoms with Crippen molar-refractivity contribution in [3.05, 3.63) is 23.3 Å². The normalized spacial score (nSPS) is 25.9. The van der Waals surface area contributed by atoms with Gasteiger partial charge in [0.2, 0.25) is 0 Å². The van der Waals surface area contributed by atoms with Gasteiger partial charge in [0, 0.05) is 30.4 Å². The third-order valence-electron chi connectivity index (χ3n) is 4.97. The molecular weight excluding hydrogens is 280 g/mol. The average molecular weight is 304 g/mol. The summed E-state index contributed by atoms with van der Waals surface area (Å²) >= 11 is 0. The minimum atomic E-state index is -0.219. The van der Waals surface area contributed by atoms with Crippen molar-refractivity contribution >= 4 is 5.78 Å². The molecule has 1 aromatic carbocycles. The molecule has 3 rings (SSSR count). The third-order valence-corrected chi connectivity index (χ3v) is 4.97. The lowest BCUT2D eigenvalue weighted by Crippen LogP contribution is -2.21. The first-order valence-electron chi connectivity index (χ1n) is 7.87. The van der Waals surface area contributed by atoms with Gasteiger partial charge in [-0.1, -0.05) is 19.9 Å². The van der Waals surface area contributed by atoms with Gasteiger partial charge in [0.1, 0.15) is 11.9 Å². The third kappa shape index (κ3) is 2.39. The van der Waals surface area contributed by atoms with Crippen LogP contribution in [0.2, 0.25) is 0 Å². The van der Waals surface area contributed by atoms with E-state index in [0.29, 0.717) is 12.4 Å². The first kappa shape index (κ1) is 15.3. The number of ketones is 1. The summed E-state index contributed by atoms with van der Waals surface area (Å²) in [6.07, 6.45) is 2.64. The lowest BCUT2D eigenvalue weighted by molar-refractivity contribution is -0.125. The molecule has 0 N–H and O–H groups in total. The summed E-state index contributed by atoms with van der Waals surface area (Å²) in [4.78, 5) is 12.7. The Morgan fingerprint density at radius 3 is 2.68 bits per heavy atom. The van der Waals surface area contributed by atoms with Crippen LogP contribution in [-0.2, 0) is 16.0 Å². The van der Waals surface area contributed by atoms with Gasteiger partial charge in [-0.15, -0.1) is 0 Å². The smallest absolute Gasteiger partial charge is 0.165 e. The Balaban J connectivity index is 1.98. The standard InChI is InChI=1S/C18H24O4/c1-18(2)8-7-13(17(18)19)12-5-6-15(21-4)16-14(12)9-11(22-16)10-20-3/h5-6,11,13H,7-10H2,1-4H3. The minimum Gasteiger partial charge on any atom is -0.493 e. The van der Waals surface area contributed by atoms with E-state index < -0.39 is 0 Å². The van der Waals surface area contributed by atoms with Crippen molar-refractivity contribution in [2.24, 2.45) is 5.41 Å². The van der Waals surface area contributed by atoms with Crippen LogP contribution in [0.1, 0.15) is 43.7 Å². The molecule has 0 spiro atoms. The zero-order chi connectivity index (χ0) is 15.9. The molecule has 1 saturated carbocycles. The van der Waals surface area contributed by atoms with Gasteiger partial charge < -0.3 is 14.2 Å². The zero-order valence-corrected chi connectivity index (χ0v) is 13.8. The first-order valence-corrected chi connectivity index (χ1v) is 7.87. The van der Waals surface area contributed by atoms with Gasteiger partial charge >= 0.3 is 0 Å². The highest BCUT2D eigenvalue weighted by molar-refractivity contribution is 5.93. The number of carbonyl (C=O) groups is 1. The fraction of sp³-hybridized carbons (Fsp3) is 0.611. The molecule has 1 heterocycles. The van der Waals surface area contributed by atoms with Gasteiger partial charge in [0.25, 0.3) is 0 Å². The molecule has 0 amide bonds. The van der Waals surface area contributed by atoms with Crippen molar-refractivity contribution in [1.82, 2.24) is 0 Å². The Bertz CT molecular complexity index is 591. The Kier molecular flexibility index (Phi) is 3.89. The number of ether oxygens (including phenoxy) is 3. The maximum atomic E-state index is 12.7. The van der Waals surface area contributed by atoms with Gasteiger partial charge in [-0.25, -0.2) is 0 Å². The molecule has 2 aliphatic rings. The van der Waals surface area contributed by atoms with E-state index in [-0.39, 0.29) is 17.4 Å². The first-order chi connectivity index (χ1) is 10.5. The Morgan fingerprint density at radius 2 is 2.09 bits per heavy atom. The monoisotopic (exact) mass is 304 g/mol. The summed E-state index contributed by atoms with van der Waals surface area (Å²) in [5.74, 6) is 1.86. The van der Waals surface area contributed by atoms with E-state index in [1.54, 1.807) is 14.2 Å². The second-order valence-corrected chi connectivity index (χ2v) is 6.90. The van der Waals surface area contributed by atoms with E-state index in [4.69, 9.17) is 14.2 Å². The molecule has 0 aromatic heterocycles. The average Bonchev–Trinajstić information content (AvgIpc) is 3.01. The molecule has 1 fully saturated rings. The predicted molar refractivity (Wildman–Crippen MR) is 83.8 cm³/mol. The van der Waals surface area contributed by atoms with Crippen LogP contribution in [0.25, 0.3) is 0 Å². The van der Waals surface area contributed by atoms with Crippen molar-refractivity contribution < 1.29 is 19.0 Å². The van der Waals surface area contributed by atoms with Gasteiger partial charge in [0.05, 0.1) is 13.7 Å². The van der Waals surface area contributed by atoms with E-state index in [2.05, 4.69) is 0 Å². The van der Waals surface area contributed by atoms with E-state index in [0.717, 1.165) is 41.9 Å². The fourth-order valence-electron chi connectivity index (χ4n) is 3.69. The highest BCUT2D eigenvalue weighted by atomic mass is 16.5. The molecule has 0 bridgehead atoms. The zero-order valence-electron chi connectivity index (χ0n) is 13.8. The molecule has 1 aliphatic carbocycles. The molecule has 1 aliphatic heterocycles. The Morgan fingerprint density at radius 1 is 1.32 bits per heavy atom. The number of Topliss-reactive ketones (excluding diaryl/α,β-unsaturated/α-hetero) is 1. The molecular formula is C18H24O4.